The molecule has 0 saturated carbocycles. The number of H-pyrrole nitrogens is 1. The first-order valence-electron chi connectivity index (χ1n) is 4.34. The number of rotatable bonds is 2. The van der Waals surface area contributed by atoms with Gasteiger partial charge < -0.3 is 4.42 Å². The Morgan fingerprint density at radius 3 is 2.88 bits per heavy atom. The van der Waals surface area contributed by atoms with Crippen molar-refractivity contribution in [2.45, 2.75) is 13.5 Å². The highest BCUT2D eigenvalue weighted by atomic mass is 35.5. The number of hydrogen-bond acceptors (Lipinski definition) is 5. The zero-order valence-electron chi connectivity index (χ0n) is 8.23. The van der Waals surface area contributed by atoms with Crippen LogP contribution in [0.5, 0.6) is 0 Å². The van der Waals surface area contributed by atoms with Crippen molar-refractivity contribution >= 4 is 11.6 Å². The first-order valence-corrected chi connectivity index (χ1v) is 4.72. The van der Waals surface area contributed by atoms with E-state index in [-0.39, 0.29) is 17.5 Å². The Labute approximate surface area is 93.7 Å². The number of halogens is 1. The van der Waals surface area contributed by atoms with Crippen molar-refractivity contribution in [3.05, 3.63) is 43.8 Å². The number of nitrogens with zero attached hydrogens (tertiary/aromatic N) is 3. The van der Waals surface area contributed by atoms with Crippen molar-refractivity contribution in [1.29, 1.82) is 0 Å². The van der Waals surface area contributed by atoms with Gasteiger partial charge in [0.05, 0.1) is 0 Å². The Bertz CT molecular complexity index is 627. The number of hydrogen-bond donors (Lipinski definition) is 1. The fourth-order valence-electron chi connectivity index (χ4n) is 1.15. The van der Waals surface area contributed by atoms with Crippen LogP contribution < -0.4 is 11.2 Å². The van der Waals surface area contributed by atoms with Crippen molar-refractivity contribution in [2.75, 3.05) is 0 Å². The van der Waals surface area contributed by atoms with Crippen LogP contribution in [-0.4, -0.2) is 19.7 Å². The molecule has 2 aromatic heterocycles. The van der Waals surface area contributed by atoms with Gasteiger partial charge in [-0.2, -0.15) is 0 Å². The summed E-state index contributed by atoms with van der Waals surface area (Å²) in [4.78, 5) is 24.4. The maximum atomic E-state index is 11.4. The van der Waals surface area contributed by atoms with E-state index in [4.69, 9.17) is 16.0 Å². The molecule has 0 spiro atoms. The molecule has 0 saturated heterocycles. The minimum absolute atomic E-state index is 0.0656. The average molecular weight is 243 g/mol. The van der Waals surface area contributed by atoms with E-state index in [0.717, 1.165) is 0 Å². The molecule has 1 N–H and O–H groups in total. The molecule has 2 heterocycles. The molecule has 8 heteroatoms. The SMILES string of the molecule is Cc1nnc(Cn2cc(Cl)c(=O)[nH]c2=O)o1. The maximum Gasteiger partial charge on any atom is 0.328 e. The number of aromatic amines is 1. The maximum absolute atomic E-state index is 11.4. The second-order valence-corrected chi connectivity index (χ2v) is 3.49. The summed E-state index contributed by atoms with van der Waals surface area (Å²) in [6.45, 7) is 1.70. The Hall–Kier alpha value is -1.89. The van der Waals surface area contributed by atoms with Crippen LogP contribution in [0, 0.1) is 6.92 Å². The number of aryl methyl sites for hydroxylation is 1. The summed E-state index contributed by atoms with van der Waals surface area (Å²) in [5.41, 5.74) is -1.20. The van der Waals surface area contributed by atoms with Crippen molar-refractivity contribution in [3.63, 3.8) is 0 Å². The highest BCUT2D eigenvalue weighted by Crippen LogP contribution is 2.01. The predicted octanol–water partition coefficient (Wildman–Crippen LogP) is -0.0703. The molecule has 84 valence electrons. The Kier molecular flexibility index (Phi) is 2.61. The number of nitrogens with one attached hydrogen (secondary N) is 1. The average Bonchev–Trinajstić information content (AvgIpc) is 2.60. The minimum Gasteiger partial charge on any atom is -0.424 e. The van der Waals surface area contributed by atoms with Crippen LogP contribution in [0.25, 0.3) is 0 Å². The normalized spacial score (nSPS) is 10.6. The summed E-state index contributed by atoms with van der Waals surface area (Å²) in [6, 6.07) is 0. The van der Waals surface area contributed by atoms with E-state index in [2.05, 4.69) is 15.2 Å². The first kappa shape index (κ1) is 10.6. The second-order valence-electron chi connectivity index (χ2n) is 3.08. The van der Waals surface area contributed by atoms with E-state index in [9.17, 15) is 9.59 Å². The van der Waals surface area contributed by atoms with Crippen LogP contribution >= 0.6 is 11.6 Å². The molecule has 0 aliphatic rings. The molecule has 0 aliphatic heterocycles. The molecular formula is C8H7ClN4O3. The van der Waals surface area contributed by atoms with E-state index in [1.807, 2.05) is 0 Å². The lowest BCUT2D eigenvalue weighted by Gasteiger charge is -2.00. The van der Waals surface area contributed by atoms with Gasteiger partial charge in [-0.25, -0.2) is 4.79 Å². The van der Waals surface area contributed by atoms with E-state index >= 15 is 0 Å². The van der Waals surface area contributed by atoms with Gasteiger partial charge in [0.2, 0.25) is 11.8 Å². The van der Waals surface area contributed by atoms with Gasteiger partial charge in [-0.05, 0) is 0 Å². The molecule has 0 aliphatic carbocycles. The fraction of sp³-hybridized carbons (Fsp3) is 0.250. The monoisotopic (exact) mass is 242 g/mol. The van der Waals surface area contributed by atoms with Gasteiger partial charge in [-0.1, -0.05) is 11.6 Å². The van der Waals surface area contributed by atoms with Gasteiger partial charge in [0.15, 0.2) is 0 Å². The Morgan fingerprint density at radius 2 is 2.25 bits per heavy atom. The first-order chi connectivity index (χ1) is 7.56. The zero-order chi connectivity index (χ0) is 11.7. The van der Waals surface area contributed by atoms with Crippen LogP contribution in [0.1, 0.15) is 11.8 Å². The van der Waals surface area contributed by atoms with Crippen LogP contribution in [0.3, 0.4) is 0 Å². The highest BCUT2D eigenvalue weighted by molar-refractivity contribution is 6.30. The quantitative estimate of drug-likeness (QED) is 0.796. The molecular weight excluding hydrogens is 236 g/mol. The van der Waals surface area contributed by atoms with Crippen molar-refractivity contribution < 1.29 is 4.42 Å². The lowest BCUT2D eigenvalue weighted by Crippen LogP contribution is -2.30. The largest absolute Gasteiger partial charge is 0.424 e. The Balaban J connectivity index is 2.39. The Morgan fingerprint density at radius 1 is 1.50 bits per heavy atom. The molecule has 16 heavy (non-hydrogen) atoms. The smallest absolute Gasteiger partial charge is 0.328 e. The fourth-order valence-corrected chi connectivity index (χ4v) is 1.31. The van der Waals surface area contributed by atoms with Crippen LogP contribution in [0.2, 0.25) is 5.02 Å². The number of aromatic nitrogens is 4. The minimum atomic E-state index is -0.621. The van der Waals surface area contributed by atoms with Crippen LogP contribution in [-0.2, 0) is 6.54 Å². The van der Waals surface area contributed by atoms with E-state index < -0.39 is 11.2 Å². The summed E-state index contributed by atoms with van der Waals surface area (Å²) < 4.78 is 6.27. The predicted molar refractivity (Wildman–Crippen MR) is 54.5 cm³/mol. The van der Waals surface area contributed by atoms with Gasteiger partial charge >= 0.3 is 5.69 Å². The topological polar surface area (TPSA) is 93.8 Å². The van der Waals surface area contributed by atoms with Gasteiger partial charge in [-0.3, -0.25) is 14.3 Å². The van der Waals surface area contributed by atoms with Gasteiger partial charge in [-0.15, -0.1) is 10.2 Å². The van der Waals surface area contributed by atoms with Crippen LogP contribution in [0.15, 0.2) is 20.2 Å². The molecule has 0 atom stereocenters. The van der Waals surface area contributed by atoms with Crippen molar-refractivity contribution in [2.24, 2.45) is 0 Å². The molecule has 0 unspecified atom stereocenters. The molecule has 2 rings (SSSR count). The summed E-state index contributed by atoms with van der Waals surface area (Å²) in [6.07, 6.45) is 1.22. The van der Waals surface area contributed by atoms with E-state index in [0.29, 0.717) is 5.89 Å². The molecule has 0 aromatic carbocycles. The summed E-state index contributed by atoms with van der Waals surface area (Å²) in [7, 11) is 0. The van der Waals surface area contributed by atoms with Crippen molar-refractivity contribution in [3.8, 4) is 0 Å². The molecule has 0 fully saturated rings. The lowest BCUT2D eigenvalue weighted by atomic mass is 10.5. The highest BCUT2D eigenvalue weighted by Gasteiger charge is 2.07. The van der Waals surface area contributed by atoms with Crippen molar-refractivity contribution in [1.82, 2.24) is 19.7 Å². The standard InChI is InChI=1S/C8H7ClN4O3/c1-4-11-12-6(16-4)3-13-2-5(9)7(14)10-8(13)15/h2H,3H2,1H3,(H,10,14,15). The van der Waals surface area contributed by atoms with Gasteiger partial charge in [0.25, 0.3) is 5.56 Å². The molecule has 0 radical (unpaired) electrons. The lowest BCUT2D eigenvalue weighted by molar-refractivity contribution is 0.449. The van der Waals surface area contributed by atoms with Gasteiger partial charge in [0, 0.05) is 13.1 Å². The molecule has 0 bridgehead atoms. The zero-order valence-corrected chi connectivity index (χ0v) is 8.98. The summed E-state index contributed by atoms with van der Waals surface area (Å²) >= 11 is 5.59. The molecule has 0 amide bonds. The van der Waals surface area contributed by atoms with Gasteiger partial charge in [0.1, 0.15) is 11.6 Å². The third-order valence-corrected chi connectivity index (χ3v) is 2.11. The summed E-state index contributed by atoms with van der Waals surface area (Å²) in [5.74, 6) is 0.668. The third-order valence-electron chi connectivity index (χ3n) is 1.84. The van der Waals surface area contributed by atoms with Crippen LogP contribution in [0.4, 0.5) is 0 Å². The third kappa shape index (κ3) is 2.03. The van der Waals surface area contributed by atoms with E-state index in [1.165, 1.54) is 10.8 Å². The molecule has 7 nitrogen and oxygen atoms in total. The second kappa shape index (κ2) is 3.93. The summed E-state index contributed by atoms with van der Waals surface area (Å²) in [5, 5.41) is 7.26. The molecule has 2 aromatic rings. The van der Waals surface area contributed by atoms with E-state index in [1.54, 1.807) is 6.92 Å².